The van der Waals surface area contributed by atoms with Gasteiger partial charge in [-0.15, -0.1) is 5.10 Å². The van der Waals surface area contributed by atoms with E-state index in [0.29, 0.717) is 16.7 Å². The van der Waals surface area contributed by atoms with Gasteiger partial charge in [0.15, 0.2) is 0 Å². The number of aryl methyl sites for hydroxylation is 2. The quantitative estimate of drug-likeness (QED) is 0.789. The maximum Gasteiger partial charge on any atom is 0.318 e. The second-order valence-corrected chi connectivity index (χ2v) is 5.22. The minimum absolute atomic E-state index is 0.161. The molecule has 0 aliphatic rings. The summed E-state index contributed by atoms with van der Waals surface area (Å²) in [6, 6.07) is 1.07. The van der Waals surface area contributed by atoms with Crippen LogP contribution in [0, 0.1) is 13.8 Å². The largest absolute Gasteiger partial charge is 0.351 e. The molecule has 8 nitrogen and oxygen atoms in total. The number of nitrogens with one attached hydrogen (secondary N) is 1. The van der Waals surface area contributed by atoms with Crippen molar-refractivity contribution in [2.24, 2.45) is 5.73 Å². The molecule has 0 bridgehead atoms. The summed E-state index contributed by atoms with van der Waals surface area (Å²) >= 11 is 1.32. The van der Waals surface area contributed by atoms with E-state index in [2.05, 4.69) is 15.1 Å². The van der Waals surface area contributed by atoms with Gasteiger partial charge in [-0.25, -0.2) is 14.3 Å². The van der Waals surface area contributed by atoms with E-state index in [4.69, 9.17) is 5.73 Å². The van der Waals surface area contributed by atoms with Crippen LogP contribution in [0.15, 0.2) is 11.2 Å². The molecule has 0 saturated heterocycles. The van der Waals surface area contributed by atoms with Crippen molar-refractivity contribution in [1.82, 2.24) is 24.9 Å². The molecule has 3 N–H and O–H groups in total. The first-order valence-electron chi connectivity index (χ1n) is 5.89. The average molecular weight is 294 g/mol. The Morgan fingerprint density at radius 1 is 1.40 bits per heavy atom. The van der Waals surface area contributed by atoms with Crippen molar-refractivity contribution < 1.29 is 9.59 Å². The molecule has 0 aromatic carbocycles. The van der Waals surface area contributed by atoms with Crippen molar-refractivity contribution in [3.8, 4) is 0 Å². The number of nitrogens with zero attached hydrogens (tertiary/aromatic N) is 4. The van der Waals surface area contributed by atoms with Gasteiger partial charge in [-0.05, 0) is 19.9 Å². The van der Waals surface area contributed by atoms with Gasteiger partial charge in [-0.1, -0.05) is 11.8 Å². The molecule has 0 atom stereocenters. The number of urea groups is 1. The molecule has 0 aliphatic carbocycles. The van der Waals surface area contributed by atoms with Crippen LogP contribution in [-0.4, -0.2) is 37.3 Å². The fourth-order valence-electron chi connectivity index (χ4n) is 1.64. The van der Waals surface area contributed by atoms with Crippen LogP contribution in [0.4, 0.5) is 4.79 Å². The zero-order valence-corrected chi connectivity index (χ0v) is 11.9. The van der Waals surface area contributed by atoms with Gasteiger partial charge < -0.3 is 5.73 Å². The number of carbonyl (C=O) groups is 2. The van der Waals surface area contributed by atoms with Crippen LogP contribution in [-0.2, 0) is 4.79 Å². The smallest absolute Gasteiger partial charge is 0.318 e. The maximum absolute atomic E-state index is 11.2. The summed E-state index contributed by atoms with van der Waals surface area (Å²) in [5, 5.41) is 6.83. The van der Waals surface area contributed by atoms with Crippen molar-refractivity contribution in [2.45, 2.75) is 25.4 Å². The van der Waals surface area contributed by atoms with Crippen LogP contribution < -0.4 is 11.1 Å². The Labute approximate surface area is 119 Å². The van der Waals surface area contributed by atoms with Crippen molar-refractivity contribution in [1.29, 1.82) is 0 Å². The number of carbonyl (C=O) groups excluding carboxylic acids is 2. The lowest BCUT2D eigenvalue weighted by Gasteiger charge is -1.98. The lowest BCUT2D eigenvalue weighted by atomic mass is 10.4. The van der Waals surface area contributed by atoms with Crippen molar-refractivity contribution in [3.05, 3.63) is 17.5 Å². The number of thioether (sulfide) groups is 1. The molecule has 0 saturated carbocycles. The van der Waals surface area contributed by atoms with Gasteiger partial charge in [0.2, 0.25) is 11.1 Å². The molecule has 2 rings (SSSR count). The summed E-state index contributed by atoms with van der Waals surface area (Å²) < 4.78 is 1.65. The van der Waals surface area contributed by atoms with E-state index in [1.807, 2.05) is 25.2 Å². The predicted molar refractivity (Wildman–Crippen MR) is 73.3 cm³/mol. The predicted octanol–water partition coefficient (Wildman–Crippen LogP) is 0.418. The molecular weight excluding hydrogens is 280 g/mol. The Kier molecular flexibility index (Phi) is 4.18. The lowest BCUT2D eigenvalue weighted by molar-refractivity contribution is -0.119. The van der Waals surface area contributed by atoms with Crippen LogP contribution in [0.3, 0.4) is 0 Å². The highest BCUT2D eigenvalue weighted by Gasteiger charge is 2.09. The Bertz CT molecular complexity index is 668. The van der Waals surface area contributed by atoms with Crippen molar-refractivity contribution in [3.63, 3.8) is 0 Å². The molecule has 3 amide bonds. The van der Waals surface area contributed by atoms with E-state index >= 15 is 0 Å². The zero-order chi connectivity index (χ0) is 14.7. The Hall–Kier alpha value is -2.16. The highest BCUT2D eigenvalue weighted by atomic mass is 32.2. The number of aromatic nitrogens is 4. The molecular formula is C11H14N6O2S. The highest BCUT2D eigenvalue weighted by molar-refractivity contribution is 7.99. The van der Waals surface area contributed by atoms with Gasteiger partial charge >= 0.3 is 6.03 Å². The van der Waals surface area contributed by atoms with Gasteiger partial charge in [-0.2, -0.15) is 4.98 Å². The number of amides is 3. The number of fused-ring (bicyclic) bond motifs is 1. The summed E-state index contributed by atoms with van der Waals surface area (Å²) in [6.07, 6.45) is 0.161. The number of nitrogens with two attached hydrogens (primary N) is 1. The Morgan fingerprint density at radius 3 is 2.85 bits per heavy atom. The minimum atomic E-state index is -0.846. The molecule has 0 radical (unpaired) electrons. The normalized spacial score (nSPS) is 10.7. The SMILES string of the molecule is Cc1cc(C)n2nc(SCCC(=O)NC(N)=O)nc2n1. The first-order valence-corrected chi connectivity index (χ1v) is 6.87. The summed E-state index contributed by atoms with van der Waals surface area (Å²) in [5.74, 6) is 0.569. The lowest BCUT2D eigenvalue weighted by Crippen LogP contribution is -2.35. The zero-order valence-electron chi connectivity index (χ0n) is 11.1. The first-order chi connectivity index (χ1) is 9.45. The molecule has 0 spiro atoms. The van der Waals surface area contributed by atoms with E-state index in [1.165, 1.54) is 11.8 Å². The molecule has 9 heteroatoms. The third-order valence-electron chi connectivity index (χ3n) is 2.42. The van der Waals surface area contributed by atoms with Crippen molar-refractivity contribution >= 4 is 29.5 Å². The van der Waals surface area contributed by atoms with E-state index < -0.39 is 11.9 Å². The average Bonchev–Trinajstić information content (AvgIpc) is 2.71. The molecule has 0 fully saturated rings. The third-order valence-corrected chi connectivity index (χ3v) is 3.26. The summed E-state index contributed by atoms with van der Waals surface area (Å²) in [6.45, 7) is 3.81. The van der Waals surface area contributed by atoms with Crippen LogP contribution in [0.1, 0.15) is 17.8 Å². The molecule has 20 heavy (non-hydrogen) atoms. The summed E-state index contributed by atoms with van der Waals surface area (Å²) in [7, 11) is 0. The van der Waals surface area contributed by atoms with Gasteiger partial charge in [0.25, 0.3) is 5.78 Å². The van der Waals surface area contributed by atoms with Gasteiger partial charge in [0.1, 0.15) is 0 Å². The van der Waals surface area contributed by atoms with Crippen LogP contribution in [0.2, 0.25) is 0 Å². The topological polar surface area (TPSA) is 115 Å². The monoisotopic (exact) mass is 294 g/mol. The van der Waals surface area contributed by atoms with Crippen LogP contribution in [0.5, 0.6) is 0 Å². The standard InChI is InChI=1S/C11H14N6O2S/c1-6-5-7(2)17-10(13-6)15-11(16-17)20-4-3-8(18)14-9(12)19/h5H,3-4H2,1-2H3,(H3,12,14,18,19). The van der Waals surface area contributed by atoms with E-state index in [1.54, 1.807) is 4.52 Å². The molecule has 2 aromatic heterocycles. The Morgan fingerprint density at radius 2 is 2.15 bits per heavy atom. The fraction of sp³-hybridized carbons (Fsp3) is 0.364. The fourth-order valence-corrected chi connectivity index (χ4v) is 2.40. The number of primary amides is 1. The van der Waals surface area contributed by atoms with E-state index in [0.717, 1.165) is 11.4 Å². The number of hydrogen-bond acceptors (Lipinski definition) is 6. The first kappa shape index (κ1) is 14.3. The summed E-state index contributed by atoms with van der Waals surface area (Å²) in [5.41, 5.74) is 6.66. The van der Waals surface area contributed by atoms with Crippen molar-refractivity contribution in [2.75, 3.05) is 5.75 Å². The number of imide groups is 1. The molecule has 2 aromatic rings. The van der Waals surface area contributed by atoms with Crippen LogP contribution in [0.25, 0.3) is 5.78 Å². The second-order valence-electron chi connectivity index (χ2n) is 4.16. The van der Waals surface area contributed by atoms with Gasteiger partial charge in [0, 0.05) is 23.6 Å². The van der Waals surface area contributed by atoms with Crippen LogP contribution >= 0.6 is 11.8 Å². The molecule has 0 unspecified atom stereocenters. The molecule has 106 valence electrons. The molecule has 0 aliphatic heterocycles. The second kappa shape index (κ2) is 5.87. The highest BCUT2D eigenvalue weighted by Crippen LogP contribution is 2.16. The number of rotatable bonds is 4. The number of hydrogen-bond donors (Lipinski definition) is 2. The van der Waals surface area contributed by atoms with Gasteiger partial charge in [-0.3, -0.25) is 10.1 Å². The summed E-state index contributed by atoms with van der Waals surface area (Å²) in [4.78, 5) is 30.3. The van der Waals surface area contributed by atoms with E-state index in [9.17, 15) is 9.59 Å². The van der Waals surface area contributed by atoms with E-state index in [-0.39, 0.29) is 6.42 Å². The minimum Gasteiger partial charge on any atom is -0.351 e. The maximum atomic E-state index is 11.2. The molecule has 2 heterocycles. The Balaban J connectivity index is 1.99. The van der Waals surface area contributed by atoms with Gasteiger partial charge in [0.05, 0.1) is 0 Å². The third kappa shape index (κ3) is 3.44.